The van der Waals surface area contributed by atoms with Gasteiger partial charge in [0.15, 0.2) is 0 Å². The molecule has 0 aliphatic rings. The lowest BCUT2D eigenvalue weighted by Crippen LogP contribution is -2.08. The van der Waals surface area contributed by atoms with E-state index in [1.54, 1.807) is 0 Å². The summed E-state index contributed by atoms with van der Waals surface area (Å²) in [5, 5.41) is 0. The number of unbranched alkanes of at least 4 members (excludes halogenated alkanes) is 18. The van der Waals surface area contributed by atoms with Gasteiger partial charge in [0.1, 0.15) is 12.4 Å². The molecular formula is C32H58O2. The van der Waals surface area contributed by atoms with Gasteiger partial charge in [-0.25, -0.2) is 0 Å². The molecule has 0 radical (unpaired) electrons. The van der Waals surface area contributed by atoms with Crippen LogP contribution in [-0.4, -0.2) is 19.8 Å². The smallest absolute Gasteiger partial charge is 0.122 e. The second-order valence-corrected chi connectivity index (χ2v) is 10.2. The van der Waals surface area contributed by atoms with Crippen LogP contribution in [0.2, 0.25) is 0 Å². The Morgan fingerprint density at radius 2 is 0.941 bits per heavy atom. The molecule has 0 aliphatic carbocycles. The molecule has 0 spiro atoms. The standard InChI is InChI=1S/C32H58O2/c1-3-5-7-9-11-12-13-14-15-16-18-20-24-28-33-29-30-34-32-27-23-22-26-31(32)25-21-19-17-10-8-6-4-2/h22-23,26-27H,3-21,24-25,28-30H2,1-2H3. The average molecular weight is 475 g/mol. The first kappa shape index (κ1) is 31.0. The molecule has 0 atom stereocenters. The normalized spacial score (nSPS) is 11.2. The molecule has 0 aromatic heterocycles. The minimum atomic E-state index is 0.659. The van der Waals surface area contributed by atoms with E-state index in [0.717, 1.165) is 18.8 Å². The lowest BCUT2D eigenvalue weighted by atomic mass is 10.0. The Kier molecular flexibility index (Phi) is 22.9. The van der Waals surface area contributed by atoms with Crippen LogP contribution in [0.1, 0.15) is 148 Å². The summed E-state index contributed by atoms with van der Waals surface area (Å²) in [6, 6.07) is 8.55. The average Bonchev–Trinajstić information content (AvgIpc) is 2.86. The molecule has 2 nitrogen and oxygen atoms in total. The van der Waals surface area contributed by atoms with E-state index in [1.165, 1.54) is 134 Å². The Labute approximate surface area is 213 Å². The fraction of sp³-hybridized carbons (Fsp3) is 0.812. The van der Waals surface area contributed by atoms with E-state index in [0.29, 0.717) is 13.2 Å². The molecule has 0 unspecified atom stereocenters. The van der Waals surface area contributed by atoms with Crippen LogP contribution in [0, 0.1) is 0 Å². The first-order valence-electron chi connectivity index (χ1n) is 15.2. The largest absolute Gasteiger partial charge is 0.491 e. The zero-order chi connectivity index (χ0) is 24.4. The van der Waals surface area contributed by atoms with Crippen molar-refractivity contribution in [3.05, 3.63) is 29.8 Å². The van der Waals surface area contributed by atoms with E-state index in [-0.39, 0.29) is 0 Å². The molecule has 1 aromatic rings. The van der Waals surface area contributed by atoms with E-state index in [2.05, 4.69) is 38.1 Å². The number of aryl methyl sites for hydroxylation is 1. The van der Waals surface area contributed by atoms with E-state index in [1.807, 2.05) is 0 Å². The first-order chi connectivity index (χ1) is 16.9. The highest BCUT2D eigenvalue weighted by Crippen LogP contribution is 2.21. The lowest BCUT2D eigenvalue weighted by molar-refractivity contribution is 0.0967. The van der Waals surface area contributed by atoms with Crippen LogP contribution in [-0.2, 0) is 11.2 Å². The van der Waals surface area contributed by atoms with Gasteiger partial charge >= 0.3 is 0 Å². The highest BCUT2D eigenvalue weighted by Gasteiger charge is 2.03. The molecule has 198 valence electrons. The third-order valence-electron chi connectivity index (χ3n) is 6.90. The van der Waals surface area contributed by atoms with Gasteiger partial charge in [0, 0.05) is 6.61 Å². The van der Waals surface area contributed by atoms with E-state index in [4.69, 9.17) is 9.47 Å². The van der Waals surface area contributed by atoms with Crippen molar-refractivity contribution in [2.75, 3.05) is 19.8 Å². The van der Waals surface area contributed by atoms with Crippen LogP contribution < -0.4 is 4.74 Å². The molecule has 0 aliphatic heterocycles. The summed E-state index contributed by atoms with van der Waals surface area (Å²) < 4.78 is 11.9. The quantitative estimate of drug-likeness (QED) is 0.124. The summed E-state index contributed by atoms with van der Waals surface area (Å²) in [5.41, 5.74) is 1.35. The number of hydrogen-bond donors (Lipinski definition) is 0. The molecule has 0 N–H and O–H groups in total. The van der Waals surface area contributed by atoms with Crippen LogP contribution in [0.15, 0.2) is 24.3 Å². The molecule has 0 bridgehead atoms. The molecule has 34 heavy (non-hydrogen) atoms. The highest BCUT2D eigenvalue weighted by atomic mass is 16.5. The summed E-state index contributed by atoms with van der Waals surface area (Å²) in [6.45, 7) is 6.80. The van der Waals surface area contributed by atoms with Crippen LogP contribution in [0.5, 0.6) is 5.75 Å². The minimum absolute atomic E-state index is 0.659. The predicted octanol–water partition coefficient (Wildman–Crippen LogP) is 10.5. The van der Waals surface area contributed by atoms with Gasteiger partial charge in [0.25, 0.3) is 0 Å². The Morgan fingerprint density at radius 1 is 0.471 bits per heavy atom. The topological polar surface area (TPSA) is 18.5 Å². The van der Waals surface area contributed by atoms with Gasteiger partial charge in [-0.3, -0.25) is 0 Å². The van der Waals surface area contributed by atoms with Crippen molar-refractivity contribution < 1.29 is 9.47 Å². The molecule has 2 heteroatoms. The van der Waals surface area contributed by atoms with Gasteiger partial charge in [-0.2, -0.15) is 0 Å². The third-order valence-corrected chi connectivity index (χ3v) is 6.90. The van der Waals surface area contributed by atoms with Gasteiger partial charge in [-0.05, 0) is 30.9 Å². The van der Waals surface area contributed by atoms with Crippen molar-refractivity contribution in [2.24, 2.45) is 0 Å². The highest BCUT2D eigenvalue weighted by molar-refractivity contribution is 5.33. The van der Waals surface area contributed by atoms with E-state index in [9.17, 15) is 0 Å². The molecule has 0 fully saturated rings. The Hall–Kier alpha value is -1.02. The maximum atomic E-state index is 6.04. The van der Waals surface area contributed by atoms with Crippen LogP contribution in [0.3, 0.4) is 0 Å². The predicted molar refractivity (Wildman–Crippen MR) is 150 cm³/mol. The minimum Gasteiger partial charge on any atom is -0.491 e. The fourth-order valence-corrected chi connectivity index (χ4v) is 4.66. The zero-order valence-electron chi connectivity index (χ0n) is 23.1. The van der Waals surface area contributed by atoms with Crippen molar-refractivity contribution in [1.82, 2.24) is 0 Å². The molecule has 0 saturated heterocycles. The summed E-state index contributed by atoms with van der Waals surface area (Å²) in [6.07, 6.45) is 28.7. The number of benzene rings is 1. The SMILES string of the molecule is CCCCCCCCCCCCCCCOCCOc1ccccc1CCCCCCCCC. The van der Waals surface area contributed by atoms with Crippen LogP contribution >= 0.6 is 0 Å². The Morgan fingerprint density at radius 3 is 1.50 bits per heavy atom. The second kappa shape index (κ2) is 25.1. The molecule has 1 rings (SSSR count). The summed E-state index contributed by atoms with van der Waals surface area (Å²) in [4.78, 5) is 0. The van der Waals surface area contributed by atoms with Crippen LogP contribution in [0.25, 0.3) is 0 Å². The number of para-hydroxylation sites is 1. The first-order valence-corrected chi connectivity index (χ1v) is 15.2. The fourth-order valence-electron chi connectivity index (χ4n) is 4.66. The summed E-state index contributed by atoms with van der Waals surface area (Å²) >= 11 is 0. The van der Waals surface area contributed by atoms with Crippen LogP contribution in [0.4, 0.5) is 0 Å². The number of hydrogen-bond acceptors (Lipinski definition) is 2. The second-order valence-electron chi connectivity index (χ2n) is 10.2. The number of rotatable bonds is 26. The molecular weight excluding hydrogens is 416 g/mol. The van der Waals surface area contributed by atoms with Gasteiger partial charge in [0.05, 0.1) is 6.61 Å². The maximum absolute atomic E-state index is 6.04. The van der Waals surface area contributed by atoms with Crippen molar-refractivity contribution >= 4 is 0 Å². The molecule has 0 heterocycles. The van der Waals surface area contributed by atoms with E-state index < -0.39 is 0 Å². The van der Waals surface area contributed by atoms with E-state index >= 15 is 0 Å². The third kappa shape index (κ3) is 19.3. The Balaban J connectivity index is 1.90. The van der Waals surface area contributed by atoms with Crippen molar-refractivity contribution in [1.29, 1.82) is 0 Å². The summed E-state index contributed by atoms with van der Waals surface area (Å²) in [5.74, 6) is 1.05. The maximum Gasteiger partial charge on any atom is 0.122 e. The number of ether oxygens (including phenoxy) is 2. The lowest BCUT2D eigenvalue weighted by Gasteiger charge is -2.12. The molecule has 0 saturated carbocycles. The monoisotopic (exact) mass is 474 g/mol. The van der Waals surface area contributed by atoms with Crippen molar-refractivity contribution in [3.8, 4) is 5.75 Å². The Bertz CT molecular complexity index is 527. The molecule has 1 aromatic carbocycles. The summed E-state index contributed by atoms with van der Waals surface area (Å²) in [7, 11) is 0. The van der Waals surface area contributed by atoms with Crippen molar-refractivity contribution in [2.45, 2.75) is 149 Å². The molecule has 0 amide bonds. The zero-order valence-corrected chi connectivity index (χ0v) is 23.1. The van der Waals surface area contributed by atoms with Gasteiger partial charge in [-0.1, -0.05) is 148 Å². The van der Waals surface area contributed by atoms with Gasteiger partial charge in [-0.15, -0.1) is 0 Å². The van der Waals surface area contributed by atoms with Gasteiger partial charge in [0.2, 0.25) is 0 Å². The van der Waals surface area contributed by atoms with Gasteiger partial charge < -0.3 is 9.47 Å². The van der Waals surface area contributed by atoms with Crippen molar-refractivity contribution in [3.63, 3.8) is 0 Å².